The van der Waals surface area contributed by atoms with Crippen LogP contribution in [0.15, 0.2) is 24.3 Å². The van der Waals surface area contributed by atoms with Crippen molar-refractivity contribution in [2.75, 3.05) is 20.2 Å². The van der Waals surface area contributed by atoms with Crippen molar-refractivity contribution >= 4 is 23.6 Å². The molecule has 212 valence electrons. The van der Waals surface area contributed by atoms with Crippen molar-refractivity contribution in [2.45, 2.75) is 70.9 Å². The number of rotatable bonds is 10. The van der Waals surface area contributed by atoms with E-state index in [0.717, 1.165) is 5.56 Å². The van der Waals surface area contributed by atoms with E-state index < -0.39 is 41.6 Å². The van der Waals surface area contributed by atoms with Gasteiger partial charge in [-0.3, -0.25) is 24.4 Å². The quantitative estimate of drug-likeness (QED) is 0.148. The number of carbonyl (C=O) groups excluding carboxylic acids is 4. The predicted octanol–water partition coefficient (Wildman–Crippen LogP) is 1.03. The van der Waals surface area contributed by atoms with E-state index in [1.807, 2.05) is 26.0 Å². The highest BCUT2D eigenvalue weighted by Crippen LogP contribution is 2.27. The summed E-state index contributed by atoms with van der Waals surface area (Å²) >= 11 is 0. The maximum absolute atomic E-state index is 13.6. The molecule has 0 saturated heterocycles. The lowest BCUT2D eigenvalue weighted by Gasteiger charge is -2.29. The highest BCUT2D eigenvalue weighted by molar-refractivity contribution is 5.94. The van der Waals surface area contributed by atoms with Crippen LogP contribution in [-0.4, -0.2) is 61.1 Å². The smallest absolute Gasteiger partial charge is 0.247 e. The second kappa shape index (κ2) is 15.9. The molecule has 2 bridgehead atoms. The molecule has 0 spiro atoms. The topological polar surface area (TPSA) is 172 Å². The van der Waals surface area contributed by atoms with Gasteiger partial charge in [-0.2, -0.15) is 0 Å². The molecule has 11 heteroatoms. The number of carbonyl (C=O) groups is 4. The van der Waals surface area contributed by atoms with Crippen LogP contribution in [0.2, 0.25) is 0 Å². The Labute approximate surface area is 224 Å². The summed E-state index contributed by atoms with van der Waals surface area (Å²) in [7, 11) is 1.50. The standard InChI is InChI=1S/C27H43N5O6/c1-17(2)15-21-20(25(34)32-37)7-6-14-38-19-11-9-18(10-12-19)16-23(31-24(21)33)27(36)30-22(26(35)29-3)8-4-5-13-28/h9-12,17,20-23,37H,4-8,13-16,28H2,1-3H3,(H,29,35)(H,30,36)(H,31,33)(H,32,34)/t20-,21+,22-,23-/m0/s1. The van der Waals surface area contributed by atoms with E-state index in [2.05, 4.69) is 16.0 Å². The predicted molar refractivity (Wildman–Crippen MR) is 142 cm³/mol. The fourth-order valence-corrected chi connectivity index (χ4v) is 4.71. The van der Waals surface area contributed by atoms with Crippen molar-refractivity contribution in [1.82, 2.24) is 21.4 Å². The lowest BCUT2D eigenvalue weighted by molar-refractivity contribution is -0.142. The first kappa shape index (κ1) is 31.0. The van der Waals surface area contributed by atoms with Gasteiger partial charge in [-0.25, -0.2) is 5.48 Å². The molecule has 0 aromatic heterocycles. The third kappa shape index (κ3) is 9.60. The summed E-state index contributed by atoms with van der Waals surface area (Å²) < 4.78 is 5.79. The molecule has 2 heterocycles. The van der Waals surface area contributed by atoms with E-state index in [9.17, 15) is 24.4 Å². The highest BCUT2D eigenvalue weighted by Gasteiger charge is 2.36. The third-order valence-electron chi connectivity index (χ3n) is 6.75. The SMILES string of the molecule is CNC(=O)[C@H](CCCCN)NC(=O)[C@@H]1Cc2ccc(cc2)OCCC[C@H](C(=O)NO)[C@@H](CC(C)C)C(=O)N1. The molecule has 3 rings (SSSR count). The second-order valence-corrected chi connectivity index (χ2v) is 10.2. The van der Waals surface area contributed by atoms with Crippen molar-refractivity contribution in [3.8, 4) is 5.75 Å². The van der Waals surface area contributed by atoms with Crippen molar-refractivity contribution in [3.05, 3.63) is 29.8 Å². The summed E-state index contributed by atoms with van der Waals surface area (Å²) in [5.74, 6) is -2.80. The molecule has 0 fully saturated rings. The fourth-order valence-electron chi connectivity index (χ4n) is 4.71. The number of amides is 4. The molecule has 1 aromatic carbocycles. The Morgan fingerprint density at radius 3 is 2.47 bits per heavy atom. The molecule has 1 aromatic rings. The number of benzene rings is 1. The van der Waals surface area contributed by atoms with Gasteiger partial charge in [0.25, 0.3) is 0 Å². The lowest BCUT2D eigenvalue weighted by atomic mass is 9.81. The molecule has 0 saturated carbocycles. The summed E-state index contributed by atoms with van der Waals surface area (Å²) in [6.45, 7) is 4.71. The Kier molecular flexibility index (Phi) is 13.0. The molecule has 4 amide bonds. The first-order valence-electron chi connectivity index (χ1n) is 13.4. The maximum atomic E-state index is 13.6. The van der Waals surface area contributed by atoms with Gasteiger partial charge in [0.2, 0.25) is 23.6 Å². The van der Waals surface area contributed by atoms with E-state index in [4.69, 9.17) is 10.5 Å². The summed E-state index contributed by atoms with van der Waals surface area (Å²) in [5, 5.41) is 17.6. The van der Waals surface area contributed by atoms with Crippen molar-refractivity contribution in [2.24, 2.45) is 23.5 Å². The van der Waals surface area contributed by atoms with E-state index in [0.29, 0.717) is 57.4 Å². The summed E-state index contributed by atoms with van der Waals surface area (Å²) in [6, 6.07) is 5.47. The molecular formula is C27H43N5O6. The van der Waals surface area contributed by atoms with Crippen molar-refractivity contribution < 1.29 is 29.1 Å². The van der Waals surface area contributed by atoms with Crippen LogP contribution < -0.4 is 31.9 Å². The number of hydrogen-bond acceptors (Lipinski definition) is 7. The lowest BCUT2D eigenvalue weighted by Crippen LogP contribution is -2.55. The zero-order chi connectivity index (χ0) is 28.1. The zero-order valence-corrected chi connectivity index (χ0v) is 22.6. The average Bonchev–Trinajstić information content (AvgIpc) is 2.90. The fraction of sp³-hybridized carbons (Fsp3) is 0.630. The van der Waals surface area contributed by atoms with Gasteiger partial charge in [0, 0.05) is 19.4 Å². The summed E-state index contributed by atoms with van der Waals surface area (Å²) in [6.07, 6.45) is 3.13. The van der Waals surface area contributed by atoms with E-state index in [1.165, 1.54) is 7.05 Å². The van der Waals surface area contributed by atoms with Gasteiger partial charge < -0.3 is 26.4 Å². The monoisotopic (exact) mass is 533 g/mol. The number of nitrogens with one attached hydrogen (secondary N) is 4. The first-order valence-corrected chi connectivity index (χ1v) is 13.4. The summed E-state index contributed by atoms with van der Waals surface area (Å²) in [5.41, 5.74) is 8.07. The minimum Gasteiger partial charge on any atom is -0.494 e. The maximum Gasteiger partial charge on any atom is 0.247 e. The Balaban J connectivity index is 2.39. The van der Waals surface area contributed by atoms with Gasteiger partial charge in [-0.15, -0.1) is 0 Å². The Bertz CT molecular complexity index is 923. The van der Waals surface area contributed by atoms with Crippen LogP contribution in [-0.2, 0) is 25.6 Å². The third-order valence-corrected chi connectivity index (χ3v) is 6.75. The molecule has 0 radical (unpaired) electrons. The van der Waals surface area contributed by atoms with Crippen LogP contribution in [0.25, 0.3) is 0 Å². The van der Waals surface area contributed by atoms with Crippen molar-refractivity contribution in [1.29, 1.82) is 0 Å². The Morgan fingerprint density at radius 1 is 1.16 bits per heavy atom. The van der Waals surface area contributed by atoms with E-state index >= 15 is 0 Å². The molecule has 2 aliphatic rings. The van der Waals surface area contributed by atoms with Crippen LogP contribution >= 0.6 is 0 Å². The minimum atomic E-state index is -0.994. The second-order valence-electron chi connectivity index (χ2n) is 10.2. The van der Waals surface area contributed by atoms with Crippen LogP contribution in [0.5, 0.6) is 5.75 Å². The van der Waals surface area contributed by atoms with Gasteiger partial charge in [0.1, 0.15) is 17.8 Å². The number of likely N-dealkylation sites (N-methyl/N-ethyl adjacent to an activating group) is 1. The number of hydrogen-bond donors (Lipinski definition) is 6. The number of ether oxygens (including phenoxy) is 1. The van der Waals surface area contributed by atoms with E-state index in [-0.39, 0.29) is 18.2 Å². The van der Waals surface area contributed by atoms with Crippen molar-refractivity contribution in [3.63, 3.8) is 0 Å². The molecule has 4 atom stereocenters. The van der Waals surface area contributed by atoms with Crippen LogP contribution in [0.1, 0.15) is 57.9 Å². The van der Waals surface area contributed by atoms with Crippen LogP contribution in [0.3, 0.4) is 0 Å². The summed E-state index contributed by atoms with van der Waals surface area (Å²) in [4.78, 5) is 52.2. The normalized spacial score (nSPS) is 21.0. The zero-order valence-electron chi connectivity index (χ0n) is 22.6. The van der Waals surface area contributed by atoms with Gasteiger partial charge >= 0.3 is 0 Å². The number of unbranched alkanes of at least 4 members (excludes halogenated alkanes) is 1. The molecular weight excluding hydrogens is 490 g/mol. The molecule has 0 unspecified atom stereocenters. The number of fused-ring (bicyclic) bond motifs is 11. The van der Waals surface area contributed by atoms with Crippen LogP contribution in [0, 0.1) is 17.8 Å². The average molecular weight is 534 g/mol. The Morgan fingerprint density at radius 2 is 1.87 bits per heavy atom. The van der Waals surface area contributed by atoms with Gasteiger partial charge in [0.15, 0.2) is 0 Å². The molecule has 7 N–H and O–H groups in total. The largest absolute Gasteiger partial charge is 0.494 e. The molecule has 11 nitrogen and oxygen atoms in total. The molecule has 0 aliphatic carbocycles. The highest BCUT2D eigenvalue weighted by atomic mass is 16.5. The van der Waals surface area contributed by atoms with Gasteiger partial charge in [0.05, 0.1) is 12.5 Å². The minimum absolute atomic E-state index is 0.0779. The number of hydroxylamine groups is 1. The molecule has 2 aliphatic heterocycles. The number of nitrogens with two attached hydrogens (primary N) is 1. The Hall–Kier alpha value is -3.18. The van der Waals surface area contributed by atoms with Gasteiger partial charge in [-0.1, -0.05) is 26.0 Å². The molecule has 38 heavy (non-hydrogen) atoms. The van der Waals surface area contributed by atoms with Gasteiger partial charge in [-0.05, 0) is 68.7 Å². The van der Waals surface area contributed by atoms with E-state index in [1.54, 1.807) is 17.6 Å². The first-order chi connectivity index (χ1) is 18.2. The van der Waals surface area contributed by atoms with Crippen LogP contribution in [0.4, 0.5) is 0 Å².